The third-order valence-corrected chi connectivity index (χ3v) is 22.2. The molecule has 0 spiro atoms. The Morgan fingerprint density at radius 1 is 0.272 bits per heavy atom. The van der Waals surface area contributed by atoms with Crippen LogP contribution < -0.4 is 22.8 Å². The van der Waals surface area contributed by atoms with Gasteiger partial charge in [-0.2, -0.15) is 0 Å². The summed E-state index contributed by atoms with van der Waals surface area (Å²) in [5.74, 6) is -0.140. The van der Waals surface area contributed by atoms with Gasteiger partial charge in [0.25, 0.3) is 0 Å². The molecule has 564 valence electrons. The Hall–Kier alpha value is -13.2. The molecule has 0 saturated carbocycles. The van der Waals surface area contributed by atoms with Crippen LogP contribution in [0.5, 0.6) is 0 Å². The summed E-state index contributed by atoms with van der Waals surface area (Å²) in [5.41, 5.74) is 31.9. The van der Waals surface area contributed by atoms with Crippen LogP contribution in [0, 0.1) is 55.4 Å². The maximum Gasteiger partial charge on any atom is 0.227 e. The van der Waals surface area contributed by atoms with E-state index in [1.807, 2.05) is 114 Å². The lowest BCUT2D eigenvalue weighted by Gasteiger charge is -2.09. The van der Waals surface area contributed by atoms with Gasteiger partial charge >= 0.3 is 0 Å². The van der Waals surface area contributed by atoms with Crippen LogP contribution in [0.3, 0.4) is 0 Å². The first kappa shape index (κ1) is 73.6. The standard InChI is InChI=1S/2C22H22NO.C20H18NO.2C19H17N2O/c2*1-14(2)16-11-12-23(4)19(13-16)21-15(3)9-10-18-17-7-5-6-8-20(17)24-22(18)21;1-13-10-11-21(3)17(12-13)19-14(2)8-9-16-15-6-4-5-7-18(15)22-20(16)19;2*1-12-7-9-14-15-10-8-13(2)20-19(15)22-18(14)17(12)16-6-4-5-11-21(16)3/h2*5-14H,1-4H3;4-12H,1-3H3;2*4-11H,1-3H3/q5*+1/i14D;;;;. The van der Waals surface area contributed by atoms with Crippen LogP contribution in [0.15, 0.2) is 284 Å². The van der Waals surface area contributed by atoms with E-state index in [2.05, 4.69) is 299 Å². The molecular weight excluding hydrogens is 1400 g/mol. The SMILES string of the molecule is Cc1cc[n+](C)c(-c2c(C)ccc3c2oc2ccccc23)c1.Cc1ccc2c(n1)oc1c(-c3cccc[n+]3C)c(C)ccc12.Cc1ccc2c(n1)oc1c(-c3cccc[n+]3C)c(C)ccc12.Cc1ccc2c(oc3ccccc32)c1-c1cc(C(C)C)cc[n+]1C.[2H]C(C)(C)c1cc[n+](C)c(-c2c(C)ccc3c2oc2ccccc23)c1. The predicted molar refractivity (Wildman–Crippen MR) is 463 cm³/mol. The van der Waals surface area contributed by atoms with Crippen LogP contribution >= 0.6 is 0 Å². The number of para-hydroxylation sites is 3. The molecule has 12 heterocycles. The summed E-state index contributed by atoms with van der Waals surface area (Å²) in [7, 11) is 10.3. The molecule has 0 N–H and O–H groups in total. The second-order valence-corrected chi connectivity index (χ2v) is 30.9. The molecule has 0 amide bonds. The number of fused-ring (bicyclic) bond motifs is 15. The zero-order valence-corrected chi connectivity index (χ0v) is 68.1. The third kappa shape index (κ3) is 14.0. The predicted octanol–water partition coefficient (Wildman–Crippen LogP) is 23.9. The highest BCUT2D eigenvalue weighted by atomic mass is 16.4. The van der Waals surface area contributed by atoms with Crippen LogP contribution in [0.4, 0.5) is 0 Å². The Morgan fingerprint density at radius 2 is 0.570 bits per heavy atom. The van der Waals surface area contributed by atoms with E-state index in [1.54, 1.807) is 0 Å². The molecule has 0 aliphatic heterocycles. The van der Waals surface area contributed by atoms with Crippen molar-refractivity contribution in [1.29, 1.82) is 0 Å². The monoisotopic (exact) mass is 1500 g/mol. The molecule has 0 aliphatic rings. The second-order valence-electron chi connectivity index (χ2n) is 30.9. The van der Waals surface area contributed by atoms with Crippen molar-refractivity contribution in [3.8, 4) is 56.3 Å². The van der Waals surface area contributed by atoms with E-state index in [0.717, 1.165) is 128 Å². The van der Waals surface area contributed by atoms with Crippen molar-refractivity contribution < 1.29 is 46.3 Å². The summed E-state index contributed by atoms with van der Waals surface area (Å²) >= 11 is 0. The highest BCUT2D eigenvalue weighted by Gasteiger charge is 2.27. The minimum absolute atomic E-state index is 0.500. The molecule has 0 atom stereocenters. The van der Waals surface area contributed by atoms with Gasteiger partial charge in [-0.05, 0) is 166 Å². The molecule has 20 aromatic rings. The van der Waals surface area contributed by atoms with Gasteiger partial charge < -0.3 is 22.1 Å². The van der Waals surface area contributed by atoms with E-state index < -0.39 is 5.89 Å². The second kappa shape index (κ2) is 30.8. The van der Waals surface area contributed by atoms with Crippen molar-refractivity contribution in [2.75, 3.05) is 0 Å². The number of hydrogen-bond acceptors (Lipinski definition) is 7. The molecule has 20 rings (SSSR count). The molecule has 0 radical (unpaired) electrons. The smallest absolute Gasteiger partial charge is 0.227 e. The Labute approximate surface area is 666 Å². The Morgan fingerprint density at radius 3 is 0.939 bits per heavy atom. The van der Waals surface area contributed by atoms with Crippen LogP contribution in [0.25, 0.3) is 166 Å². The Bertz CT molecular complexity index is 7020. The van der Waals surface area contributed by atoms with Gasteiger partial charge in [0, 0.05) is 127 Å². The van der Waals surface area contributed by atoms with Crippen LogP contribution in [-0.4, -0.2) is 9.97 Å². The highest BCUT2D eigenvalue weighted by Crippen LogP contribution is 2.43. The fourth-order valence-electron chi connectivity index (χ4n) is 15.9. The van der Waals surface area contributed by atoms with Gasteiger partial charge in [0.15, 0.2) is 42.2 Å². The lowest BCUT2D eigenvalue weighted by atomic mass is 9.97. The van der Waals surface area contributed by atoms with Crippen molar-refractivity contribution in [2.45, 2.75) is 94.9 Å². The summed E-state index contributed by atoms with van der Waals surface area (Å²) in [5, 5.41) is 11.4. The average molecular weight is 1500 g/mol. The van der Waals surface area contributed by atoms with Gasteiger partial charge in [0.1, 0.15) is 68.7 Å². The summed E-state index contributed by atoms with van der Waals surface area (Å²) in [4.78, 5) is 9.05. The summed E-state index contributed by atoms with van der Waals surface area (Å²) in [6, 6.07) is 79.8. The number of aryl methyl sites for hydroxylation is 13. The first-order valence-corrected chi connectivity index (χ1v) is 39.1. The molecule has 0 fully saturated rings. The largest absolute Gasteiger partial charge is 0.455 e. The number of pyridine rings is 7. The van der Waals surface area contributed by atoms with Crippen molar-refractivity contribution in [3.63, 3.8) is 0 Å². The van der Waals surface area contributed by atoms with Crippen LogP contribution in [-0.2, 0) is 35.2 Å². The fraction of sp³-hybridized carbons (Fsp3) is 0.186. The summed E-state index contributed by atoms with van der Waals surface area (Å²) < 4.78 is 50.0. The highest BCUT2D eigenvalue weighted by molar-refractivity contribution is 6.13. The molecular formula is C102H96N7O5+5. The molecule has 12 aromatic heterocycles. The number of benzene rings is 8. The van der Waals surface area contributed by atoms with Gasteiger partial charge in [0.05, 0.1) is 27.8 Å². The minimum atomic E-state index is -0.640. The zero-order chi connectivity index (χ0) is 80.4. The quantitative estimate of drug-likeness (QED) is 0.146. The first-order valence-electron chi connectivity index (χ1n) is 39.6. The Balaban J connectivity index is 0.000000108. The topological polar surface area (TPSA) is 111 Å². The van der Waals surface area contributed by atoms with Crippen LogP contribution in [0.2, 0.25) is 0 Å². The van der Waals surface area contributed by atoms with E-state index >= 15 is 0 Å². The molecule has 0 unspecified atom stereocenters. The molecule has 0 aliphatic carbocycles. The summed E-state index contributed by atoms with van der Waals surface area (Å²) in [6.07, 6.45) is 10.4. The number of hydrogen-bond donors (Lipinski definition) is 0. The van der Waals surface area contributed by atoms with Gasteiger partial charge in [-0.25, -0.2) is 32.8 Å². The van der Waals surface area contributed by atoms with Gasteiger partial charge in [-0.15, -0.1) is 0 Å². The maximum atomic E-state index is 8.37. The lowest BCUT2D eigenvalue weighted by molar-refractivity contribution is -0.660. The summed E-state index contributed by atoms with van der Waals surface area (Å²) in [6.45, 7) is 25.0. The maximum absolute atomic E-state index is 8.37. The number of nitrogens with zero attached hydrogens (tertiary/aromatic N) is 7. The molecule has 8 aromatic carbocycles. The first-order chi connectivity index (χ1) is 55.4. The van der Waals surface area contributed by atoms with E-state index in [4.69, 9.17) is 23.5 Å². The minimum Gasteiger partial charge on any atom is -0.455 e. The normalized spacial score (nSPS) is 11.8. The molecule has 0 saturated heterocycles. The van der Waals surface area contributed by atoms with Crippen molar-refractivity contribution >= 4 is 110 Å². The van der Waals surface area contributed by atoms with E-state index in [-0.39, 0.29) is 0 Å². The fourth-order valence-corrected chi connectivity index (χ4v) is 15.9. The number of rotatable bonds is 7. The van der Waals surface area contributed by atoms with E-state index in [0.29, 0.717) is 17.3 Å². The van der Waals surface area contributed by atoms with Crippen LogP contribution in [0.1, 0.15) is 96.8 Å². The molecule has 0 bridgehead atoms. The Kier molecular flexibility index (Phi) is 19.9. The number of furan rings is 5. The molecule has 12 nitrogen and oxygen atoms in total. The average Bonchev–Trinajstić information content (AvgIpc) is 1.70. The number of aromatic nitrogens is 7. The van der Waals surface area contributed by atoms with E-state index in [1.165, 1.54) is 83.0 Å². The van der Waals surface area contributed by atoms with Crippen molar-refractivity contribution in [3.05, 3.63) is 317 Å². The van der Waals surface area contributed by atoms with E-state index in [9.17, 15) is 0 Å². The lowest BCUT2D eigenvalue weighted by Crippen LogP contribution is -2.31. The third-order valence-electron chi connectivity index (χ3n) is 22.2. The zero-order valence-electron chi connectivity index (χ0n) is 69.1. The van der Waals surface area contributed by atoms with Crippen molar-refractivity contribution in [1.82, 2.24) is 9.97 Å². The van der Waals surface area contributed by atoms with Gasteiger partial charge in [0.2, 0.25) is 39.9 Å². The van der Waals surface area contributed by atoms with Gasteiger partial charge in [-0.1, -0.05) is 143 Å². The molecule has 114 heavy (non-hydrogen) atoms. The van der Waals surface area contributed by atoms with Crippen molar-refractivity contribution in [2.24, 2.45) is 35.2 Å². The molecule has 12 heteroatoms. The van der Waals surface area contributed by atoms with Gasteiger partial charge in [-0.3, -0.25) is 0 Å².